The number of nitro benzene ring substituents is 1. The number of nitrogens with zero attached hydrogens (tertiary/aromatic N) is 6. The molecular formula is C19H23N7O5S. The van der Waals surface area contributed by atoms with Gasteiger partial charge in [0.15, 0.2) is 0 Å². The number of carbonyl (C=O) groups excluding carboxylic acids is 1. The van der Waals surface area contributed by atoms with Crippen molar-refractivity contribution in [3.05, 3.63) is 46.8 Å². The van der Waals surface area contributed by atoms with E-state index < -0.39 is 21.0 Å². The van der Waals surface area contributed by atoms with Crippen molar-refractivity contribution in [2.45, 2.75) is 17.7 Å². The molecule has 2 aliphatic heterocycles. The highest BCUT2D eigenvalue weighted by Crippen LogP contribution is 2.33. The number of piperazine rings is 1. The van der Waals surface area contributed by atoms with Crippen molar-refractivity contribution in [1.82, 2.24) is 19.2 Å². The largest absolute Gasteiger partial charge is 0.338 e. The van der Waals surface area contributed by atoms with Crippen LogP contribution < -0.4 is 10.2 Å². The van der Waals surface area contributed by atoms with Crippen molar-refractivity contribution in [2.75, 3.05) is 49.5 Å². The van der Waals surface area contributed by atoms with E-state index in [1.54, 1.807) is 18.5 Å². The van der Waals surface area contributed by atoms with Crippen LogP contribution in [0.2, 0.25) is 0 Å². The van der Waals surface area contributed by atoms with E-state index in [0.717, 1.165) is 49.2 Å². The topological polar surface area (TPSA) is 142 Å². The van der Waals surface area contributed by atoms with Crippen molar-refractivity contribution in [1.29, 1.82) is 0 Å². The molecule has 13 heteroatoms. The van der Waals surface area contributed by atoms with Gasteiger partial charge in [0.25, 0.3) is 15.7 Å². The number of unbranched alkanes of at least 4 members (excludes halogenated alkanes) is 1. The smallest absolute Gasteiger partial charge is 0.335 e. The zero-order chi connectivity index (χ0) is 22.7. The summed E-state index contributed by atoms with van der Waals surface area (Å²) in [6, 6.07) is 4.41. The van der Waals surface area contributed by atoms with Gasteiger partial charge in [0.1, 0.15) is 4.90 Å². The third-order valence-electron chi connectivity index (χ3n) is 5.51. The molecule has 170 valence electrons. The first-order chi connectivity index (χ1) is 15.4. The van der Waals surface area contributed by atoms with Crippen molar-refractivity contribution in [2.24, 2.45) is 0 Å². The minimum Gasteiger partial charge on any atom is -0.338 e. The highest BCUT2D eigenvalue weighted by molar-refractivity contribution is 7.90. The number of aromatic nitrogens is 2. The number of benzene rings is 1. The van der Waals surface area contributed by atoms with Crippen molar-refractivity contribution >= 4 is 33.4 Å². The lowest BCUT2D eigenvalue weighted by Gasteiger charge is -2.34. The molecule has 1 saturated heterocycles. The number of urea groups is 1. The molecule has 1 aromatic heterocycles. The second-order valence-electron chi connectivity index (χ2n) is 7.53. The van der Waals surface area contributed by atoms with Crippen LogP contribution in [0.15, 0.2) is 41.6 Å². The number of hydrogen-bond acceptors (Lipinski definition) is 9. The summed E-state index contributed by atoms with van der Waals surface area (Å²) in [7, 11) is -4.15. The Labute approximate surface area is 185 Å². The summed E-state index contributed by atoms with van der Waals surface area (Å²) >= 11 is 0. The van der Waals surface area contributed by atoms with Crippen LogP contribution in [0.4, 0.5) is 22.1 Å². The second kappa shape index (κ2) is 9.04. The summed E-state index contributed by atoms with van der Waals surface area (Å²) < 4.78 is 26.5. The average Bonchev–Trinajstić information content (AvgIpc) is 2.79. The van der Waals surface area contributed by atoms with E-state index in [9.17, 15) is 23.3 Å². The van der Waals surface area contributed by atoms with Gasteiger partial charge in [-0.15, -0.1) is 0 Å². The van der Waals surface area contributed by atoms with Crippen LogP contribution >= 0.6 is 0 Å². The number of nitrogens with one attached hydrogen (secondary N) is 1. The van der Waals surface area contributed by atoms with Crippen molar-refractivity contribution in [3.63, 3.8) is 0 Å². The quantitative estimate of drug-likeness (QED) is 0.369. The molecular weight excluding hydrogens is 438 g/mol. The molecule has 0 aliphatic carbocycles. The average molecular weight is 462 g/mol. The predicted molar refractivity (Wildman–Crippen MR) is 116 cm³/mol. The Kier molecular flexibility index (Phi) is 6.19. The molecule has 2 aliphatic rings. The molecule has 3 heterocycles. The molecule has 0 saturated carbocycles. The maximum absolute atomic E-state index is 12.9. The number of rotatable bonds is 7. The molecule has 0 unspecified atom stereocenters. The first-order valence-electron chi connectivity index (χ1n) is 10.2. The molecule has 0 radical (unpaired) electrons. The summed E-state index contributed by atoms with van der Waals surface area (Å²) in [6.07, 6.45) is 4.63. The maximum atomic E-state index is 12.9. The molecule has 0 atom stereocenters. The van der Waals surface area contributed by atoms with Gasteiger partial charge >= 0.3 is 6.03 Å². The first kappa shape index (κ1) is 21.9. The van der Waals surface area contributed by atoms with Crippen molar-refractivity contribution in [3.8, 4) is 0 Å². The zero-order valence-electron chi connectivity index (χ0n) is 17.3. The predicted octanol–water partition coefficient (Wildman–Crippen LogP) is 1.52. The Bertz CT molecular complexity index is 1100. The first-order valence-corrected chi connectivity index (χ1v) is 11.7. The summed E-state index contributed by atoms with van der Waals surface area (Å²) in [5.74, 6) is 0.717. The van der Waals surface area contributed by atoms with Gasteiger partial charge < -0.3 is 10.2 Å². The van der Waals surface area contributed by atoms with Crippen molar-refractivity contribution < 1.29 is 18.1 Å². The fourth-order valence-corrected chi connectivity index (χ4v) is 5.32. The number of nitro groups is 1. The Balaban J connectivity index is 1.29. The van der Waals surface area contributed by atoms with E-state index >= 15 is 0 Å². The normalized spacial score (nSPS) is 18.2. The lowest BCUT2D eigenvalue weighted by atomic mass is 10.2. The molecule has 0 spiro atoms. The Morgan fingerprint density at radius 2 is 1.75 bits per heavy atom. The second-order valence-corrected chi connectivity index (χ2v) is 9.36. The Hall–Kier alpha value is -3.32. The van der Waals surface area contributed by atoms with Gasteiger partial charge in [-0.1, -0.05) is 0 Å². The zero-order valence-corrected chi connectivity index (χ0v) is 18.1. The van der Waals surface area contributed by atoms with E-state index in [1.165, 1.54) is 6.07 Å². The van der Waals surface area contributed by atoms with Crippen LogP contribution in [0.1, 0.15) is 12.8 Å². The van der Waals surface area contributed by atoms with Crippen LogP contribution in [0.5, 0.6) is 0 Å². The SMILES string of the molecule is O=C1Nc2ccc([N+](=O)[O-])cc2S(=O)(=O)N1CCCCN1CCN(c2ncccn2)CC1. The molecule has 0 bridgehead atoms. The van der Waals surface area contributed by atoms with Gasteiger partial charge in [-0.3, -0.25) is 15.0 Å². The molecule has 1 N–H and O–H groups in total. The fraction of sp³-hybridized carbons (Fsp3) is 0.421. The van der Waals surface area contributed by atoms with Gasteiger partial charge in [-0.05, 0) is 31.5 Å². The Morgan fingerprint density at radius 3 is 2.44 bits per heavy atom. The fourth-order valence-electron chi connectivity index (χ4n) is 3.79. The van der Waals surface area contributed by atoms with E-state index in [4.69, 9.17) is 0 Å². The van der Waals surface area contributed by atoms with Crippen LogP contribution in [-0.2, 0) is 10.0 Å². The van der Waals surface area contributed by atoms with E-state index in [2.05, 4.69) is 25.1 Å². The van der Waals surface area contributed by atoms with E-state index in [0.29, 0.717) is 18.8 Å². The standard InChI is InChI=1S/C19H23N7O5S/c27-19-22-16-5-4-15(26(28)29)14-17(16)32(30,31)25(19)9-2-1-8-23-10-12-24(13-11-23)18-20-6-3-7-21-18/h3-7,14H,1-2,8-13H2,(H,22,27). The van der Waals surface area contributed by atoms with Gasteiger partial charge in [-0.25, -0.2) is 27.5 Å². The number of anilines is 2. The molecule has 12 nitrogen and oxygen atoms in total. The van der Waals surface area contributed by atoms with Crippen LogP contribution in [0.3, 0.4) is 0 Å². The number of hydrogen-bond donors (Lipinski definition) is 1. The number of sulfonamides is 1. The lowest BCUT2D eigenvalue weighted by Crippen LogP contribution is -2.47. The Morgan fingerprint density at radius 1 is 1.06 bits per heavy atom. The molecule has 4 rings (SSSR count). The van der Waals surface area contributed by atoms with Crippen LogP contribution in [0.25, 0.3) is 0 Å². The number of fused-ring (bicyclic) bond motifs is 1. The molecule has 1 aromatic carbocycles. The molecule has 2 aromatic rings. The summed E-state index contributed by atoms with van der Waals surface area (Å²) in [4.78, 5) is 35.3. The van der Waals surface area contributed by atoms with Gasteiger partial charge in [0.2, 0.25) is 5.95 Å². The number of carbonyl (C=O) groups is 1. The summed E-state index contributed by atoms with van der Waals surface area (Å²) in [6.45, 7) is 4.09. The molecule has 2 amide bonds. The van der Waals surface area contributed by atoms with Crippen LogP contribution in [0, 0.1) is 10.1 Å². The number of amides is 2. The minimum absolute atomic E-state index is 0.00805. The highest BCUT2D eigenvalue weighted by Gasteiger charge is 2.37. The molecule has 32 heavy (non-hydrogen) atoms. The highest BCUT2D eigenvalue weighted by atomic mass is 32.2. The van der Waals surface area contributed by atoms with Gasteiger partial charge in [0.05, 0.1) is 10.6 Å². The third kappa shape index (κ3) is 4.48. The third-order valence-corrected chi connectivity index (χ3v) is 7.33. The number of non-ortho nitro benzene ring substituents is 1. The maximum Gasteiger partial charge on any atom is 0.335 e. The van der Waals surface area contributed by atoms with E-state index in [-0.39, 0.29) is 22.8 Å². The summed E-state index contributed by atoms with van der Waals surface area (Å²) in [5.41, 5.74) is -0.291. The lowest BCUT2D eigenvalue weighted by molar-refractivity contribution is -0.385. The van der Waals surface area contributed by atoms with E-state index in [1.807, 2.05) is 0 Å². The van der Waals surface area contributed by atoms with Gasteiger partial charge in [-0.2, -0.15) is 0 Å². The summed E-state index contributed by atoms with van der Waals surface area (Å²) in [5, 5.41) is 13.5. The molecule has 1 fully saturated rings. The monoisotopic (exact) mass is 461 g/mol. The van der Waals surface area contributed by atoms with Gasteiger partial charge in [0, 0.05) is 57.3 Å². The minimum atomic E-state index is -4.15. The van der Waals surface area contributed by atoms with Crippen LogP contribution in [-0.4, -0.2) is 77.8 Å².